The maximum absolute atomic E-state index is 6.34. The van der Waals surface area contributed by atoms with Crippen molar-refractivity contribution in [1.29, 1.82) is 0 Å². The first-order valence-electron chi connectivity index (χ1n) is 9.49. The van der Waals surface area contributed by atoms with E-state index in [2.05, 4.69) is 27.4 Å². The average Bonchev–Trinajstić information content (AvgIpc) is 2.68. The van der Waals surface area contributed by atoms with E-state index < -0.39 is 0 Å². The van der Waals surface area contributed by atoms with Crippen LogP contribution in [-0.4, -0.2) is 70.5 Å². The van der Waals surface area contributed by atoms with Crippen LogP contribution in [0.25, 0.3) is 0 Å². The largest absolute Gasteiger partial charge is 0.493 e. The zero-order valence-electron chi connectivity index (χ0n) is 16.5. The summed E-state index contributed by atoms with van der Waals surface area (Å²) in [4.78, 5) is 7.04. The first-order chi connectivity index (χ1) is 13.2. The van der Waals surface area contributed by atoms with Crippen LogP contribution in [0.15, 0.2) is 17.1 Å². The monoisotopic (exact) mass is 398 g/mol. The van der Waals surface area contributed by atoms with Crippen molar-refractivity contribution in [2.45, 2.75) is 20.4 Å². The lowest BCUT2D eigenvalue weighted by Gasteiger charge is -2.26. The molecule has 0 atom stereocenters. The zero-order chi connectivity index (χ0) is 19.5. The molecular weight excluding hydrogens is 368 g/mol. The lowest BCUT2D eigenvalue weighted by molar-refractivity contribution is 0.0389. The molecule has 1 aromatic carbocycles. The highest BCUT2D eigenvalue weighted by Crippen LogP contribution is 2.36. The standard InChI is InChI=1S/C19H31ClN4O3/c1-4-21-19(22-6-7-24-8-10-26-11-9-24)23-14-15-12-16(20)18(27-5-2)17(13-15)25-3/h12-13H,4-11,14H2,1-3H3,(H2,21,22,23). The molecule has 0 aliphatic carbocycles. The van der Waals surface area contributed by atoms with Crippen LogP contribution < -0.4 is 20.1 Å². The van der Waals surface area contributed by atoms with Crippen LogP contribution in [-0.2, 0) is 11.3 Å². The lowest BCUT2D eigenvalue weighted by Crippen LogP contribution is -2.44. The van der Waals surface area contributed by atoms with E-state index in [0.717, 1.165) is 57.5 Å². The minimum Gasteiger partial charge on any atom is -0.493 e. The van der Waals surface area contributed by atoms with Gasteiger partial charge in [0, 0.05) is 32.7 Å². The van der Waals surface area contributed by atoms with Gasteiger partial charge in [-0.3, -0.25) is 4.90 Å². The molecule has 2 rings (SSSR count). The molecule has 1 heterocycles. The van der Waals surface area contributed by atoms with Gasteiger partial charge in [0.15, 0.2) is 17.5 Å². The third-order valence-corrected chi connectivity index (χ3v) is 4.45. The molecule has 0 aromatic heterocycles. The molecule has 0 saturated carbocycles. The Morgan fingerprint density at radius 3 is 2.70 bits per heavy atom. The van der Waals surface area contributed by atoms with Crippen LogP contribution in [0.1, 0.15) is 19.4 Å². The Hall–Kier alpha value is -1.70. The second-order valence-corrected chi connectivity index (χ2v) is 6.53. The molecule has 27 heavy (non-hydrogen) atoms. The molecule has 2 N–H and O–H groups in total. The van der Waals surface area contributed by atoms with E-state index in [-0.39, 0.29) is 0 Å². The Bertz CT molecular complexity index is 607. The van der Waals surface area contributed by atoms with E-state index in [1.54, 1.807) is 7.11 Å². The van der Waals surface area contributed by atoms with E-state index in [4.69, 9.17) is 25.8 Å². The number of benzene rings is 1. The van der Waals surface area contributed by atoms with Gasteiger partial charge in [-0.05, 0) is 31.5 Å². The Labute approximate surface area is 167 Å². The van der Waals surface area contributed by atoms with Crippen LogP contribution in [0.2, 0.25) is 5.02 Å². The maximum Gasteiger partial charge on any atom is 0.191 e. The normalized spacial score (nSPS) is 15.5. The minimum atomic E-state index is 0.495. The van der Waals surface area contributed by atoms with Crippen LogP contribution in [0.5, 0.6) is 11.5 Å². The molecule has 1 aliphatic rings. The maximum atomic E-state index is 6.34. The quantitative estimate of drug-likeness (QED) is 0.490. The number of hydrogen-bond acceptors (Lipinski definition) is 5. The zero-order valence-corrected chi connectivity index (χ0v) is 17.3. The minimum absolute atomic E-state index is 0.495. The molecule has 1 aliphatic heterocycles. The van der Waals surface area contributed by atoms with Gasteiger partial charge >= 0.3 is 0 Å². The molecule has 152 valence electrons. The van der Waals surface area contributed by atoms with Gasteiger partial charge in [0.2, 0.25) is 0 Å². The van der Waals surface area contributed by atoms with Crippen LogP contribution in [0.4, 0.5) is 0 Å². The second-order valence-electron chi connectivity index (χ2n) is 6.12. The highest BCUT2D eigenvalue weighted by atomic mass is 35.5. The summed E-state index contributed by atoms with van der Waals surface area (Å²) in [6, 6.07) is 3.79. The van der Waals surface area contributed by atoms with Crippen molar-refractivity contribution in [1.82, 2.24) is 15.5 Å². The number of nitrogens with zero attached hydrogens (tertiary/aromatic N) is 2. The van der Waals surface area contributed by atoms with Crippen molar-refractivity contribution in [2.24, 2.45) is 4.99 Å². The number of aliphatic imine (C=N–C) groups is 1. The fraction of sp³-hybridized carbons (Fsp3) is 0.632. The third-order valence-electron chi connectivity index (χ3n) is 4.17. The van der Waals surface area contributed by atoms with Crippen molar-refractivity contribution < 1.29 is 14.2 Å². The van der Waals surface area contributed by atoms with Gasteiger partial charge in [-0.15, -0.1) is 0 Å². The summed E-state index contributed by atoms with van der Waals surface area (Å²) in [5.74, 6) is 1.99. The Morgan fingerprint density at radius 2 is 2.04 bits per heavy atom. The first kappa shape index (κ1) is 21.6. The number of guanidine groups is 1. The molecule has 1 aromatic rings. The molecule has 8 heteroatoms. The van der Waals surface area contributed by atoms with Gasteiger partial charge in [-0.2, -0.15) is 0 Å². The number of nitrogens with one attached hydrogen (secondary N) is 2. The SMILES string of the molecule is CCNC(=NCc1cc(Cl)c(OCC)c(OC)c1)NCCN1CCOCC1. The molecule has 0 bridgehead atoms. The predicted octanol–water partition coefficient (Wildman–Crippen LogP) is 2.13. The molecule has 0 unspecified atom stereocenters. The van der Waals surface area contributed by atoms with Gasteiger partial charge in [0.1, 0.15) is 0 Å². The van der Waals surface area contributed by atoms with Gasteiger partial charge in [0.25, 0.3) is 0 Å². The molecular formula is C19H31ClN4O3. The van der Waals surface area contributed by atoms with E-state index in [9.17, 15) is 0 Å². The van der Waals surface area contributed by atoms with E-state index in [1.165, 1.54) is 0 Å². The fourth-order valence-corrected chi connectivity index (χ4v) is 3.11. The van der Waals surface area contributed by atoms with Gasteiger partial charge in [0.05, 0.1) is 38.5 Å². The highest BCUT2D eigenvalue weighted by molar-refractivity contribution is 6.32. The number of rotatable bonds is 9. The summed E-state index contributed by atoms with van der Waals surface area (Å²) in [5.41, 5.74) is 0.964. The van der Waals surface area contributed by atoms with Crippen molar-refractivity contribution in [3.63, 3.8) is 0 Å². The molecule has 1 saturated heterocycles. The summed E-state index contributed by atoms with van der Waals surface area (Å²) in [6.07, 6.45) is 0. The van der Waals surface area contributed by atoms with E-state index in [0.29, 0.717) is 29.7 Å². The van der Waals surface area contributed by atoms with E-state index in [1.807, 2.05) is 19.1 Å². The topological polar surface area (TPSA) is 67.4 Å². The number of morpholine rings is 1. The van der Waals surface area contributed by atoms with Crippen molar-refractivity contribution >= 4 is 17.6 Å². The van der Waals surface area contributed by atoms with Crippen molar-refractivity contribution in [2.75, 3.05) is 59.7 Å². The molecule has 0 amide bonds. The Balaban J connectivity index is 1.95. The fourth-order valence-electron chi connectivity index (χ4n) is 2.82. The lowest BCUT2D eigenvalue weighted by atomic mass is 10.2. The van der Waals surface area contributed by atoms with Gasteiger partial charge in [-0.25, -0.2) is 4.99 Å². The summed E-state index contributed by atoms with van der Waals surface area (Å²) >= 11 is 6.34. The number of methoxy groups -OCH3 is 1. The smallest absolute Gasteiger partial charge is 0.191 e. The summed E-state index contributed by atoms with van der Waals surface area (Å²) in [5, 5.41) is 7.19. The molecule has 0 spiro atoms. The summed E-state index contributed by atoms with van der Waals surface area (Å²) in [7, 11) is 1.61. The molecule has 0 radical (unpaired) electrons. The number of hydrogen-bond donors (Lipinski definition) is 2. The summed E-state index contributed by atoms with van der Waals surface area (Å²) in [6.45, 7) is 11.2. The average molecular weight is 399 g/mol. The number of ether oxygens (including phenoxy) is 3. The predicted molar refractivity (Wildman–Crippen MR) is 109 cm³/mol. The van der Waals surface area contributed by atoms with Crippen molar-refractivity contribution in [3.8, 4) is 11.5 Å². The number of halogens is 1. The van der Waals surface area contributed by atoms with Crippen LogP contribution in [0.3, 0.4) is 0 Å². The second kappa shape index (κ2) is 11.9. The summed E-state index contributed by atoms with van der Waals surface area (Å²) < 4.78 is 16.3. The highest BCUT2D eigenvalue weighted by Gasteiger charge is 2.12. The molecule has 1 fully saturated rings. The Kier molecular flexibility index (Phi) is 9.52. The van der Waals surface area contributed by atoms with Crippen LogP contribution in [0, 0.1) is 0 Å². The van der Waals surface area contributed by atoms with E-state index >= 15 is 0 Å². The first-order valence-corrected chi connectivity index (χ1v) is 9.87. The molecule has 7 nitrogen and oxygen atoms in total. The van der Waals surface area contributed by atoms with Gasteiger partial charge in [-0.1, -0.05) is 11.6 Å². The van der Waals surface area contributed by atoms with Crippen LogP contribution >= 0.6 is 11.6 Å². The Morgan fingerprint density at radius 1 is 1.26 bits per heavy atom. The third kappa shape index (κ3) is 7.08. The van der Waals surface area contributed by atoms with Crippen molar-refractivity contribution in [3.05, 3.63) is 22.7 Å². The van der Waals surface area contributed by atoms with Gasteiger partial charge < -0.3 is 24.8 Å².